The van der Waals surface area contributed by atoms with E-state index in [4.69, 9.17) is 4.74 Å². The standard InChI is InChI=1S/C19H28N2O3/c1-5-24-18(22)16-11-13(2)14(3)12-17(16)20-19(23)21(4)15-9-7-6-8-10-15/h11-12,15H,5-10H2,1-4H3,(H,20,23). The number of hydrogen-bond acceptors (Lipinski definition) is 3. The summed E-state index contributed by atoms with van der Waals surface area (Å²) >= 11 is 0. The van der Waals surface area contributed by atoms with Gasteiger partial charge in [-0.2, -0.15) is 0 Å². The molecule has 1 N–H and O–H groups in total. The number of aryl methyl sites for hydroxylation is 2. The van der Waals surface area contributed by atoms with Crippen LogP contribution in [0.2, 0.25) is 0 Å². The Kier molecular flexibility index (Phi) is 6.23. The predicted octanol–water partition coefficient (Wildman–Crippen LogP) is 4.28. The first-order valence-electron chi connectivity index (χ1n) is 8.76. The average molecular weight is 332 g/mol. The minimum absolute atomic E-state index is 0.171. The predicted molar refractivity (Wildman–Crippen MR) is 95.5 cm³/mol. The number of carbonyl (C=O) groups excluding carboxylic acids is 2. The molecule has 0 aliphatic heterocycles. The first-order chi connectivity index (χ1) is 11.4. The van der Waals surface area contributed by atoms with E-state index >= 15 is 0 Å². The zero-order valence-electron chi connectivity index (χ0n) is 15.1. The molecule has 132 valence electrons. The zero-order chi connectivity index (χ0) is 17.7. The van der Waals surface area contributed by atoms with E-state index in [1.165, 1.54) is 19.3 Å². The molecule has 1 fully saturated rings. The molecule has 1 saturated carbocycles. The second-order valence-electron chi connectivity index (χ2n) is 6.54. The normalized spacial score (nSPS) is 15.0. The van der Waals surface area contributed by atoms with Crippen LogP contribution in [-0.2, 0) is 4.74 Å². The lowest BCUT2D eigenvalue weighted by Crippen LogP contribution is -2.41. The van der Waals surface area contributed by atoms with E-state index in [1.54, 1.807) is 17.9 Å². The van der Waals surface area contributed by atoms with Crippen LogP contribution in [0.1, 0.15) is 60.5 Å². The molecule has 1 aromatic rings. The number of urea groups is 1. The molecule has 0 heterocycles. The number of benzene rings is 1. The molecule has 5 heteroatoms. The molecule has 2 amide bonds. The number of anilines is 1. The first kappa shape index (κ1) is 18.3. The SMILES string of the molecule is CCOC(=O)c1cc(C)c(C)cc1NC(=O)N(C)C1CCCCC1. The molecular formula is C19H28N2O3. The third-order valence-electron chi connectivity index (χ3n) is 4.81. The Labute approximate surface area is 144 Å². The lowest BCUT2D eigenvalue weighted by molar-refractivity contribution is 0.0527. The summed E-state index contributed by atoms with van der Waals surface area (Å²) in [5.74, 6) is -0.406. The molecule has 2 rings (SSSR count). The fourth-order valence-electron chi connectivity index (χ4n) is 3.13. The van der Waals surface area contributed by atoms with Crippen molar-refractivity contribution in [2.45, 2.75) is 58.9 Å². The van der Waals surface area contributed by atoms with Crippen LogP contribution in [0.15, 0.2) is 12.1 Å². The molecule has 0 unspecified atom stereocenters. The van der Waals surface area contributed by atoms with Crippen LogP contribution in [0.4, 0.5) is 10.5 Å². The number of hydrogen-bond donors (Lipinski definition) is 1. The van der Waals surface area contributed by atoms with Gasteiger partial charge in [0, 0.05) is 13.1 Å². The maximum atomic E-state index is 12.6. The van der Waals surface area contributed by atoms with E-state index in [2.05, 4.69) is 5.32 Å². The van der Waals surface area contributed by atoms with Crippen molar-refractivity contribution in [3.8, 4) is 0 Å². The highest BCUT2D eigenvalue weighted by molar-refractivity contribution is 6.01. The summed E-state index contributed by atoms with van der Waals surface area (Å²) < 4.78 is 5.12. The van der Waals surface area contributed by atoms with Crippen molar-refractivity contribution in [3.05, 3.63) is 28.8 Å². The molecule has 1 aliphatic carbocycles. The summed E-state index contributed by atoms with van der Waals surface area (Å²) in [7, 11) is 1.83. The second kappa shape index (κ2) is 8.18. The van der Waals surface area contributed by atoms with Gasteiger partial charge in [0.1, 0.15) is 0 Å². The van der Waals surface area contributed by atoms with Crippen LogP contribution in [0.5, 0.6) is 0 Å². The third kappa shape index (κ3) is 4.28. The van der Waals surface area contributed by atoms with Gasteiger partial charge in [-0.25, -0.2) is 9.59 Å². The maximum Gasteiger partial charge on any atom is 0.340 e. The highest BCUT2D eigenvalue weighted by Crippen LogP contribution is 2.25. The van der Waals surface area contributed by atoms with Gasteiger partial charge in [-0.3, -0.25) is 0 Å². The number of esters is 1. The highest BCUT2D eigenvalue weighted by atomic mass is 16.5. The number of ether oxygens (including phenoxy) is 1. The zero-order valence-corrected chi connectivity index (χ0v) is 15.1. The molecule has 0 atom stereocenters. The van der Waals surface area contributed by atoms with E-state index in [-0.39, 0.29) is 12.1 Å². The summed E-state index contributed by atoms with van der Waals surface area (Å²) in [4.78, 5) is 26.6. The van der Waals surface area contributed by atoms with Gasteiger partial charge in [0.05, 0.1) is 17.9 Å². The van der Waals surface area contributed by atoms with Crippen molar-refractivity contribution in [2.75, 3.05) is 19.0 Å². The Bertz CT molecular complexity index is 607. The average Bonchev–Trinajstić information content (AvgIpc) is 2.58. The number of rotatable bonds is 4. The van der Waals surface area contributed by atoms with Crippen molar-refractivity contribution in [2.24, 2.45) is 0 Å². The van der Waals surface area contributed by atoms with Crippen molar-refractivity contribution in [1.82, 2.24) is 4.90 Å². The van der Waals surface area contributed by atoms with E-state index in [0.29, 0.717) is 17.9 Å². The molecule has 0 aromatic heterocycles. The lowest BCUT2D eigenvalue weighted by atomic mass is 9.95. The minimum Gasteiger partial charge on any atom is -0.462 e. The van der Waals surface area contributed by atoms with E-state index < -0.39 is 5.97 Å². The van der Waals surface area contributed by atoms with Crippen LogP contribution in [0, 0.1) is 13.8 Å². The lowest BCUT2D eigenvalue weighted by Gasteiger charge is -2.31. The Hall–Kier alpha value is -2.04. The van der Waals surface area contributed by atoms with Crippen LogP contribution in [0.3, 0.4) is 0 Å². The Morgan fingerprint density at radius 1 is 1.17 bits per heavy atom. The fourth-order valence-corrected chi connectivity index (χ4v) is 3.13. The maximum absolute atomic E-state index is 12.6. The van der Waals surface area contributed by atoms with E-state index in [1.807, 2.05) is 27.0 Å². The molecule has 1 aromatic carbocycles. The van der Waals surface area contributed by atoms with E-state index in [9.17, 15) is 9.59 Å². The minimum atomic E-state index is -0.406. The molecule has 24 heavy (non-hydrogen) atoms. The first-order valence-corrected chi connectivity index (χ1v) is 8.76. The van der Waals surface area contributed by atoms with Crippen LogP contribution in [0.25, 0.3) is 0 Å². The quantitative estimate of drug-likeness (QED) is 0.837. The van der Waals surface area contributed by atoms with E-state index in [0.717, 1.165) is 24.0 Å². The molecule has 0 spiro atoms. The Morgan fingerprint density at radius 2 is 1.79 bits per heavy atom. The van der Waals surface area contributed by atoms with Crippen molar-refractivity contribution >= 4 is 17.7 Å². The molecule has 0 saturated heterocycles. The van der Waals surface area contributed by atoms with Gasteiger partial charge >= 0.3 is 12.0 Å². The number of nitrogens with one attached hydrogen (secondary N) is 1. The van der Waals surface area contributed by atoms with Crippen molar-refractivity contribution < 1.29 is 14.3 Å². The third-order valence-corrected chi connectivity index (χ3v) is 4.81. The Balaban J connectivity index is 2.19. The van der Waals surface area contributed by atoms with Gasteiger partial charge < -0.3 is 15.0 Å². The van der Waals surface area contributed by atoms with Gasteiger partial charge in [0.15, 0.2) is 0 Å². The largest absolute Gasteiger partial charge is 0.462 e. The smallest absolute Gasteiger partial charge is 0.340 e. The second-order valence-corrected chi connectivity index (χ2v) is 6.54. The number of carbonyl (C=O) groups is 2. The van der Waals surface area contributed by atoms with Gasteiger partial charge in [0.2, 0.25) is 0 Å². The number of nitrogens with zero attached hydrogens (tertiary/aromatic N) is 1. The van der Waals surface area contributed by atoms with Crippen molar-refractivity contribution in [1.29, 1.82) is 0 Å². The van der Waals surface area contributed by atoms with Gasteiger partial charge in [-0.05, 0) is 56.9 Å². The molecule has 0 bridgehead atoms. The Morgan fingerprint density at radius 3 is 2.42 bits per heavy atom. The summed E-state index contributed by atoms with van der Waals surface area (Å²) in [6, 6.07) is 3.73. The van der Waals surface area contributed by atoms with Crippen LogP contribution < -0.4 is 5.32 Å². The van der Waals surface area contributed by atoms with Crippen molar-refractivity contribution in [3.63, 3.8) is 0 Å². The molecule has 1 aliphatic rings. The highest BCUT2D eigenvalue weighted by Gasteiger charge is 2.23. The van der Waals surface area contributed by atoms with Crippen LogP contribution >= 0.6 is 0 Å². The molecular weight excluding hydrogens is 304 g/mol. The topological polar surface area (TPSA) is 58.6 Å². The van der Waals surface area contributed by atoms with Gasteiger partial charge in [-0.15, -0.1) is 0 Å². The number of amides is 2. The fraction of sp³-hybridized carbons (Fsp3) is 0.579. The summed E-state index contributed by atoms with van der Waals surface area (Å²) in [6.07, 6.45) is 5.67. The summed E-state index contributed by atoms with van der Waals surface area (Å²) in [6.45, 7) is 5.98. The molecule has 5 nitrogen and oxygen atoms in total. The van der Waals surface area contributed by atoms with Gasteiger partial charge in [0.25, 0.3) is 0 Å². The van der Waals surface area contributed by atoms with Crippen LogP contribution in [-0.4, -0.2) is 36.6 Å². The summed E-state index contributed by atoms with van der Waals surface area (Å²) in [5.41, 5.74) is 2.95. The summed E-state index contributed by atoms with van der Waals surface area (Å²) in [5, 5.41) is 2.90. The monoisotopic (exact) mass is 332 g/mol. The molecule has 0 radical (unpaired) electrons. The van der Waals surface area contributed by atoms with Gasteiger partial charge in [-0.1, -0.05) is 19.3 Å².